The summed E-state index contributed by atoms with van der Waals surface area (Å²) in [6.45, 7) is 0.362. The third-order valence-corrected chi connectivity index (χ3v) is 3.19. The molecule has 0 saturated carbocycles. The maximum absolute atomic E-state index is 13.0. The number of hydrogen-bond acceptors (Lipinski definition) is 1. The van der Waals surface area contributed by atoms with E-state index in [0.29, 0.717) is 12.2 Å². The quantitative estimate of drug-likeness (QED) is 0.719. The van der Waals surface area contributed by atoms with E-state index in [-0.39, 0.29) is 28.3 Å². The number of nitrogens with zero attached hydrogens (tertiary/aromatic N) is 1. The first-order chi connectivity index (χ1) is 8.02. The third-order valence-electron chi connectivity index (χ3n) is 2.61. The number of anilines is 1. The summed E-state index contributed by atoms with van der Waals surface area (Å²) in [5.41, 5.74) is 0.331. The van der Waals surface area contributed by atoms with E-state index in [1.807, 2.05) is 0 Å². The lowest BCUT2D eigenvalue weighted by Gasteiger charge is -2.19. The second kappa shape index (κ2) is 4.56. The molecule has 1 aliphatic rings. The maximum atomic E-state index is 13.0. The van der Waals surface area contributed by atoms with Crippen LogP contribution in [-0.2, 0) is 4.79 Å². The van der Waals surface area contributed by atoms with Crippen LogP contribution in [0.2, 0.25) is 10.0 Å². The summed E-state index contributed by atoms with van der Waals surface area (Å²) in [5.74, 6) is 1.68. The van der Waals surface area contributed by atoms with Gasteiger partial charge in [-0.25, -0.2) is 4.39 Å². The van der Waals surface area contributed by atoms with E-state index in [0.717, 1.165) is 12.1 Å². The summed E-state index contributed by atoms with van der Waals surface area (Å²) in [6, 6.07) is 2.25. The number of rotatable bonds is 1. The molecule has 0 bridgehead atoms. The van der Waals surface area contributed by atoms with Crippen LogP contribution in [-0.4, -0.2) is 12.5 Å². The van der Waals surface area contributed by atoms with Gasteiger partial charge in [-0.05, 0) is 12.1 Å². The van der Waals surface area contributed by atoms with Crippen molar-refractivity contribution in [3.05, 3.63) is 28.0 Å². The van der Waals surface area contributed by atoms with Crippen molar-refractivity contribution in [2.24, 2.45) is 5.92 Å². The first kappa shape index (κ1) is 12.2. The van der Waals surface area contributed by atoms with Crippen molar-refractivity contribution in [1.82, 2.24) is 0 Å². The Labute approximate surface area is 108 Å². The standard InChI is InChI=1S/C12H8Cl2FNO/c1-2-7-3-11(17)16(6-7)12-9(13)4-8(15)5-10(12)14/h1,4-5,7H,3,6H2. The van der Waals surface area contributed by atoms with Crippen LogP contribution >= 0.6 is 23.2 Å². The Balaban J connectivity index is 2.42. The molecule has 17 heavy (non-hydrogen) atoms. The van der Waals surface area contributed by atoms with Crippen molar-refractivity contribution in [1.29, 1.82) is 0 Å². The first-order valence-electron chi connectivity index (χ1n) is 4.94. The Kier molecular flexibility index (Phi) is 3.28. The van der Waals surface area contributed by atoms with E-state index in [1.54, 1.807) is 0 Å². The van der Waals surface area contributed by atoms with Gasteiger partial charge in [-0.3, -0.25) is 4.79 Å². The molecular formula is C12H8Cl2FNO. The van der Waals surface area contributed by atoms with Crippen LogP contribution < -0.4 is 4.90 Å². The van der Waals surface area contributed by atoms with Crippen LogP contribution in [0.4, 0.5) is 10.1 Å². The van der Waals surface area contributed by atoms with Crippen LogP contribution in [0.1, 0.15) is 6.42 Å². The van der Waals surface area contributed by atoms with Crippen molar-refractivity contribution < 1.29 is 9.18 Å². The van der Waals surface area contributed by atoms with Gasteiger partial charge in [0.2, 0.25) is 5.91 Å². The lowest BCUT2D eigenvalue weighted by atomic mass is 10.1. The Morgan fingerprint density at radius 3 is 2.47 bits per heavy atom. The molecule has 0 radical (unpaired) electrons. The van der Waals surface area contributed by atoms with Crippen molar-refractivity contribution >= 4 is 34.8 Å². The zero-order chi connectivity index (χ0) is 12.6. The lowest BCUT2D eigenvalue weighted by Crippen LogP contribution is -2.25. The average molecular weight is 272 g/mol. The average Bonchev–Trinajstić information content (AvgIpc) is 2.59. The maximum Gasteiger partial charge on any atom is 0.228 e. The first-order valence-corrected chi connectivity index (χ1v) is 5.69. The molecule has 0 spiro atoms. The molecule has 1 atom stereocenters. The van der Waals surface area contributed by atoms with E-state index in [2.05, 4.69) is 5.92 Å². The zero-order valence-corrected chi connectivity index (χ0v) is 10.2. The molecule has 0 N–H and O–H groups in total. The van der Waals surface area contributed by atoms with E-state index in [1.165, 1.54) is 4.90 Å². The van der Waals surface area contributed by atoms with Gasteiger partial charge in [0.1, 0.15) is 5.82 Å². The highest BCUT2D eigenvalue weighted by molar-refractivity contribution is 6.40. The minimum absolute atomic E-state index is 0.112. The van der Waals surface area contributed by atoms with Gasteiger partial charge >= 0.3 is 0 Å². The van der Waals surface area contributed by atoms with E-state index in [9.17, 15) is 9.18 Å². The predicted octanol–water partition coefficient (Wildman–Crippen LogP) is 3.12. The van der Waals surface area contributed by atoms with Crippen LogP contribution in [0.5, 0.6) is 0 Å². The van der Waals surface area contributed by atoms with Gasteiger partial charge in [0.05, 0.1) is 15.7 Å². The lowest BCUT2D eigenvalue weighted by molar-refractivity contribution is -0.117. The molecule has 1 aliphatic heterocycles. The Bertz CT molecular complexity index is 501. The van der Waals surface area contributed by atoms with Gasteiger partial charge in [-0.15, -0.1) is 12.3 Å². The molecule has 0 aliphatic carbocycles. The monoisotopic (exact) mass is 271 g/mol. The Hall–Kier alpha value is -1.24. The number of carbonyl (C=O) groups excluding carboxylic acids is 1. The largest absolute Gasteiger partial charge is 0.308 e. The SMILES string of the molecule is C#CC1CC(=O)N(c2c(Cl)cc(F)cc2Cl)C1. The zero-order valence-electron chi connectivity index (χ0n) is 8.71. The van der Waals surface area contributed by atoms with Crippen molar-refractivity contribution in [2.45, 2.75) is 6.42 Å². The molecule has 5 heteroatoms. The molecular weight excluding hydrogens is 264 g/mol. The predicted molar refractivity (Wildman–Crippen MR) is 65.7 cm³/mol. The molecule has 1 amide bonds. The third kappa shape index (κ3) is 2.24. The summed E-state index contributed by atoms with van der Waals surface area (Å²) in [4.78, 5) is 13.2. The fraction of sp³-hybridized carbons (Fsp3) is 0.250. The molecule has 0 aromatic heterocycles. The topological polar surface area (TPSA) is 20.3 Å². The number of carbonyl (C=O) groups is 1. The normalized spacial score (nSPS) is 19.5. The van der Waals surface area contributed by atoms with Crippen LogP contribution in [0.3, 0.4) is 0 Å². The molecule has 1 saturated heterocycles. The highest BCUT2D eigenvalue weighted by Crippen LogP contribution is 2.37. The van der Waals surface area contributed by atoms with E-state index < -0.39 is 5.82 Å². The van der Waals surface area contributed by atoms with E-state index in [4.69, 9.17) is 29.6 Å². The molecule has 1 heterocycles. The minimum Gasteiger partial charge on any atom is -0.308 e. The van der Waals surface area contributed by atoms with Gasteiger partial charge in [-0.2, -0.15) is 0 Å². The van der Waals surface area contributed by atoms with E-state index >= 15 is 0 Å². The molecule has 2 nitrogen and oxygen atoms in total. The molecule has 88 valence electrons. The van der Waals surface area contributed by atoms with Gasteiger partial charge in [0.25, 0.3) is 0 Å². The second-order valence-corrected chi connectivity index (χ2v) is 4.60. The number of amides is 1. The Morgan fingerprint density at radius 1 is 1.41 bits per heavy atom. The highest BCUT2D eigenvalue weighted by atomic mass is 35.5. The summed E-state index contributed by atoms with van der Waals surface area (Å²) < 4.78 is 13.0. The molecule has 1 aromatic carbocycles. The summed E-state index contributed by atoms with van der Waals surface area (Å²) >= 11 is 11.8. The van der Waals surface area contributed by atoms with Crippen LogP contribution in [0, 0.1) is 24.1 Å². The molecule has 1 unspecified atom stereocenters. The number of terminal acetylenes is 1. The van der Waals surface area contributed by atoms with Crippen LogP contribution in [0.15, 0.2) is 12.1 Å². The van der Waals surface area contributed by atoms with Crippen molar-refractivity contribution in [2.75, 3.05) is 11.4 Å². The second-order valence-electron chi connectivity index (χ2n) is 3.79. The van der Waals surface area contributed by atoms with Gasteiger partial charge in [-0.1, -0.05) is 23.2 Å². The molecule has 1 fully saturated rings. The fourth-order valence-corrected chi connectivity index (χ4v) is 2.49. The molecule has 2 rings (SSSR count). The van der Waals surface area contributed by atoms with Crippen molar-refractivity contribution in [3.8, 4) is 12.3 Å². The Morgan fingerprint density at radius 2 is 2.00 bits per heavy atom. The number of benzene rings is 1. The fourth-order valence-electron chi connectivity index (χ4n) is 1.83. The smallest absolute Gasteiger partial charge is 0.228 e. The minimum atomic E-state index is -0.538. The van der Waals surface area contributed by atoms with Crippen molar-refractivity contribution in [3.63, 3.8) is 0 Å². The number of halogens is 3. The van der Waals surface area contributed by atoms with Gasteiger partial charge in [0, 0.05) is 18.9 Å². The van der Waals surface area contributed by atoms with Gasteiger partial charge < -0.3 is 4.90 Å². The van der Waals surface area contributed by atoms with Crippen LogP contribution in [0.25, 0.3) is 0 Å². The number of hydrogen-bond donors (Lipinski definition) is 0. The summed E-state index contributed by atoms with van der Waals surface area (Å²) in [6.07, 6.45) is 5.55. The van der Waals surface area contributed by atoms with Gasteiger partial charge in [0.15, 0.2) is 0 Å². The molecule has 1 aromatic rings. The summed E-state index contributed by atoms with van der Waals surface area (Å²) in [5, 5.41) is 0.224. The summed E-state index contributed by atoms with van der Waals surface area (Å²) in [7, 11) is 0. The highest BCUT2D eigenvalue weighted by Gasteiger charge is 2.32.